The number of hydrogen-bond acceptors (Lipinski definition) is 2. The normalized spacial score (nSPS) is 18.6. The van der Waals surface area contributed by atoms with Crippen molar-refractivity contribution in [3.05, 3.63) is 28.2 Å². The summed E-state index contributed by atoms with van der Waals surface area (Å²) in [7, 11) is 0. The van der Waals surface area contributed by atoms with Crippen LogP contribution in [0.3, 0.4) is 0 Å². The Morgan fingerprint density at radius 1 is 1.32 bits per heavy atom. The van der Waals surface area contributed by atoms with Gasteiger partial charge in [0.1, 0.15) is 5.60 Å². The van der Waals surface area contributed by atoms with E-state index < -0.39 is 17.3 Å². The van der Waals surface area contributed by atoms with E-state index in [1.165, 1.54) is 6.07 Å². The topological polar surface area (TPSA) is 23.5 Å². The maximum atomic E-state index is 13.0. The van der Waals surface area contributed by atoms with E-state index in [0.717, 1.165) is 6.07 Å². The van der Waals surface area contributed by atoms with Crippen molar-refractivity contribution in [2.24, 2.45) is 5.92 Å². The van der Waals surface area contributed by atoms with Gasteiger partial charge >= 0.3 is 6.18 Å². The predicted molar refractivity (Wildman–Crippen MR) is 71.1 cm³/mol. The molecule has 0 unspecified atom stereocenters. The van der Waals surface area contributed by atoms with E-state index in [0.29, 0.717) is 4.47 Å². The van der Waals surface area contributed by atoms with Crippen LogP contribution >= 0.6 is 15.9 Å². The number of nitrogens with zero attached hydrogens (tertiary/aromatic N) is 1. The van der Waals surface area contributed by atoms with Crippen molar-refractivity contribution in [3.63, 3.8) is 0 Å². The highest BCUT2D eigenvalue weighted by Gasteiger charge is 2.46. The molecule has 106 valence electrons. The van der Waals surface area contributed by atoms with Crippen LogP contribution in [0.2, 0.25) is 0 Å². The smallest absolute Gasteiger partial charge is 0.386 e. The molecule has 0 bridgehead atoms. The predicted octanol–water partition coefficient (Wildman–Crippen LogP) is 3.68. The van der Waals surface area contributed by atoms with Crippen molar-refractivity contribution in [2.75, 3.05) is 18.0 Å². The first kappa shape index (κ1) is 14.7. The molecule has 0 aromatic heterocycles. The lowest BCUT2D eigenvalue weighted by atomic mass is 9.82. The molecular weight excluding hydrogens is 323 g/mol. The van der Waals surface area contributed by atoms with E-state index >= 15 is 0 Å². The summed E-state index contributed by atoms with van der Waals surface area (Å²) in [5, 5.41) is 10.1. The number of halogens is 4. The molecule has 1 aliphatic rings. The molecule has 19 heavy (non-hydrogen) atoms. The average Bonchev–Trinajstić information content (AvgIpc) is 2.23. The number of alkyl halides is 3. The van der Waals surface area contributed by atoms with Crippen LogP contribution in [0.1, 0.15) is 19.4 Å². The monoisotopic (exact) mass is 337 g/mol. The second kappa shape index (κ2) is 4.66. The fourth-order valence-corrected chi connectivity index (χ4v) is 2.52. The minimum atomic E-state index is -4.40. The summed E-state index contributed by atoms with van der Waals surface area (Å²) in [4.78, 5) is 1.56. The molecule has 1 aromatic rings. The first-order valence-electron chi connectivity index (χ1n) is 5.97. The summed E-state index contributed by atoms with van der Waals surface area (Å²) in [5.41, 5.74) is -1.44. The Kier molecular flexibility index (Phi) is 3.60. The Hall–Kier alpha value is -0.750. The number of aliphatic hydroxyl groups is 1. The Bertz CT molecular complexity index is 481. The molecular formula is C13H15BrF3NO. The van der Waals surface area contributed by atoms with Gasteiger partial charge in [0.2, 0.25) is 0 Å². The van der Waals surface area contributed by atoms with Crippen LogP contribution in [0.15, 0.2) is 22.7 Å². The van der Waals surface area contributed by atoms with Crippen LogP contribution in [0.25, 0.3) is 0 Å². The summed E-state index contributed by atoms with van der Waals surface area (Å²) in [6.07, 6.45) is -4.40. The standard InChI is InChI=1S/C13H15BrF3NO/c1-8(2)12(19)6-18(7-12)11-4-3-9(14)5-10(11)13(15,16)17/h3-5,8,19H,6-7H2,1-2H3. The highest BCUT2D eigenvalue weighted by molar-refractivity contribution is 9.10. The lowest BCUT2D eigenvalue weighted by Crippen LogP contribution is -2.65. The van der Waals surface area contributed by atoms with E-state index in [1.54, 1.807) is 11.0 Å². The van der Waals surface area contributed by atoms with Crippen LogP contribution in [-0.4, -0.2) is 23.8 Å². The lowest BCUT2D eigenvalue weighted by molar-refractivity contribution is -0.137. The van der Waals surface area contributed by atoms with Gasteiger partial charge in [-0.15, -0.1) is 0 Å². The van der Waals surface area contributed by atoms with Gasteiger partial charge in [-0.05, 0) is 24.1 Å². The third kappa shape index (κ3) is 2.74. The zero-order valence-electron chi connectivity index (χ0n) is 10.6. The summed E-state index contributed by atoms with van der Waals surface area (Å²) in [6, 6.07) is 4.09. The van der Waals surface area contributed by atoms with Gasteiger partial charge < -0.3 is 10.0 Å². The van der Waals surface area contributed by atoms with E-state index in [4.69, 9.17) is 0 Å². The molecule has 1 heterocycles. The first-order valence-corrected chi connectivity index (χ1v) is 6.77. The molecule has 1 aromatic carbocycles. The van der Waals surface area contributed by atoms with Crippen molar-refractivity contribution in [3.8, 4) is 0 Å². The number of anilines is 1. The molecule has 1 N–H and O–H groups in total. The third-order valence-corrected chi connectivity index (χ3v) is 4.10. The third-order valence-electron chi connectivity index (χ3n) is 3.61. The molecule has 0 amide bonds. The average molecular weight is 338 g/mol. The number of benzene rings is 1. The van der Waals surface area contributed by atoms with Gasteiger partial charge in [-0.3, -0.25) is 0 Å². The molecule has 0 aliphatic carbocycles. The fraction of sp³-hybridized carbons (Fsp3) is 0.538. The highest BCUT2D eigenvalue weighted by Crippen LogP contribution is 2.42. The second-order valence-corrected chi connectivity index (χ2v) is 6.19. The summed E-state index contributed by atoms with van der Waals surface area (Å²) in [5.74, 6) is 0.0218. The van der Waals surface area contributed by atoms with Gasteiger partial charge in [0.05, 0.1) is 5.56 Å². The first-order chi connectivity index (χ1) is 8.63. The van der Waals surface area contributed by atoms with Crippen molar-refractivity contribution in [1.29, 1.82) is 0 Å². The van der Waals surface area contributed by atoms with E-state index in [1.807, 2.05) is 13.8 Å². The molecule has 1 aliphatic heterocycles. The number of hydrogen-bond donors (Lipinski definition) is 1. The van der Waals surface area contributed by atoms with Gasteiger partial charge in [-0.25, -0.2) is 0 Å². The summed E-state index contributed by atoms with van der Waals surface area (Å²) >= 11 is 3.06. The maximum Gasteiger partial charge on any atom is 0.418 e. The van der Waals surface area contributed by atoms with Gasteiger partial charge in [0.25, 0.3) is 0 Å². The van der Waals surface area contributed by atoms with Crippen LogP contribution < -0.4 is 4.90 Å². The molecule has 6 heteroatoms. The largest absolute Gasteiger partial charge is 0.418 e. The Balaban J connectivity index is 2.28. The van der Waals surface area contributed by atoms with Crippen molar-refractivity contribution in [2.45, 2.75) is 25.6 Å². The van der Waals surface area contributed by atoms with Crippen molar-refractivity contribution in [1.82, 2.24) is 0 Å². The minimum absolute atomic E-state index is 0.0218. The highest BCUT2D eigenvalue weighted by atomic mass is 79.9. The minimum Gasteiger partial charge on any atom is -0.386 e. The molecule has 1 fully saturated rings. The molecule has 2 nitrogen and oxygen atoms in total. The van der Waals surface area contributed by atoms with Crippen LogP contribution in [0.5, 0.6) is 0 Å². The van der Waals surface area contributed by atoms with Gasteiger partial charge in [0, 0.05) is 23.2 Å². The summed E-state index contributed by atoms with van der Waals surface area (Å²) in [6.45, 7) is 4.19. The lowest BCUT2D eigenvalue weighted by Gasteiger charge is -2.50. The molecule has 0 spiro atoms. The van der Waals surface area contributed by atoms with Crippen LogP contribution in [-0.2, 0) is 6.18 Å². The molecule has 0 radical (unpaired) electrons. The van der Waals surface area contributed by atoms with Crippen LogP contribution in [0.4, 0.5) is 18.9 Å². The molecule has 1 saturated heterocycles. The summed E-state index contributed by atoms with van der Waals surface area (Å²) < 4.78 is 39.4. The van der Waals surface area contributed by atoms with Crippen LogP contribution in [0, 0.1) is 5.92 Å². The molecule has 2 rings (SSSR count). The van der Waals surface area contributed by atoms with E-state index in [-0.39, 0.29) is 24.7 Å². The van der Waals surface area contributed by atoms with Crippen molar-refractivity contribution >= 4 is 21.6 Å². The number of β-amino-alcohol motifs (C(OH)–C–C–N with tert-alkyl or cyclic N) is 1. The maximum absolute atomic E-state index is 13.0. The van der Waals surface area contributed by atoms with Gasteiger partial charge in [-0.2, -0.15) is 13.2 Å². The van der Waals surface area contributed by atoms with E-state index in [9.17, 15) is 18.3 Å². The SMILES string of the molecule is CC(C)C1(O)CN(c2ccc(Br)cc2C(F)(F)F)C1. The van der Waals surface area contributed by atoms with Crippen molar-refractivity contribution < 1.29 is 18.3 Å². The second-order valence-electron chi connectivity index (χ2n) is 5.27. The fourth-order valence-electron chi connectivity index (χ4n) is 2.16. The van der Waals surface area contributed by atoms with E-state index in [2.05, 4.69) is 15.9 Å². The quantitative estimate of drug-likeness (QED) is 0.889. The zero-order valence-corrected chi connectivity index (χ0v) is 12.2. The van der Waals surface area contributed by atoms with Gasteiger partial charge in [0.15, 0.2) is 0 Å². The Morgan fingerprint density at radius 3 is 2.37 bits per heavy atom. The number of rotatable bonds is 2. The molecule has 0 saturated carbocycles. The Morgan fingerprint density at radius 2 is 1.89 bits per heavy atom. The molecule has 0 atom stereocenters. The zero-order chi connectivity index (χ0) is 14.4. The Labute approximate surface area is 118 Å². The van der Waals surface area contributed by atoms with Gasteiger partial charge in [-0.1, -0.05) is 29.8 Å².